The molecule has 1 heterocycles. The summed E-state index contributed by atoms with van der Waals surface area (Å²) in [6, 6.07) is 16.9. The van der Waals surface area contributed by atoms with Gasteiger partial charge in [-0.3, -0.25) is 0 Å². The predicted octanol–water partition coefficient (Wildman–Crippen LogP) is 2.35. The molecule has 0 bridgehead atoms. The number of aliphatic hydroxyl groups excluding tert-OH is 1. The van der Waals surface area contributed by atoms with Gasteiger partial charge in [0.15, 0.2) is 14.9 Å². The van der Waals surface area contributed by atoms with Crippen molar-refractivity contribution in [1.82, 2.24) is 4.90 Å². The predicted molar refractivity (Wildman–Crippen MR) is 108 cm³/mol. The summed E-state index contributed by atoms with van der Waals surface area (Å²) in [5, 5.41) is 13.9. The lowest BCUT2D eigenvalue weighted by Crippen LogP contribution is -2.47. The molecule has 0 amide bonds. The molecule has 5 nitrogen and oxygen atoms in total. The van der Waals surface area contributed by atoms with Gasteiger partial charge in [0.1, 0.15) is 0 Å². The van der Waals surface area contributed by atoms with E-state index < -0.39 is 22.0 Å². The Morgan fingerprint density at radius 3 is 2.38 bits per heavy atom. The summed E-state index contributed by atoms with van der Waals surface area (Å²) in [6.45, 7) is 2.43. The molecule has 0 saturated carbocycles. The van der Waals surface area contributed by atoms with Crippen molar-refractivity contribution in [1.29, 1.82) is 0 Å². The molecule has 0 aliphatic carbocycles. The van der Waals surface area contributed by atoms with Crippen molar-refractivity contribution < 1.29 is 13.5 Å². The Labute approximate surface area is 159 Å². The highest BCUT2D eigenvalue weighted by atomic mass is 32.2. The molecule has 0 radical (unpaired) electrons. The number of rotatable bonds is 4. The van der Waals surface area contributed by atoms with E-state index in [9.17, 15) is 13.5 Å². The van der Waals surface area contributed by atoms with Gasteiger partial charge in [-0.2, -0.15) is 0 Å². The molecular weight excluding hydrogens is 368 g/mol. The molecule has 1 aliphatic rings. The van der Waals surface area contributed by atoms with Gasteiger partial charge in [-0.25, -0.2) is 8.42 Å². The molecule has 7 heteroatoms. The molecule has 138 valence electrons. The Hall–Kier alpha value is -1.96. The highest BCUT2D eigenvalue weighted by molar-refractivity contribution is 7.91. The monoisotopic (exact) mass is 390 g/mol. The van der Waals surface area contributed by atoms with Crippen molar-refractivity contribution in [2.75, 3.05) is 16.8 Å². The number of benzene rings is 2. The Kier molecular flexibility index (Phi) is 5.60. The van der Waals surface area contributed by atoms with E-state index in [0.29, 0.717) is 11.7 Å². The largest absolute Gasteiger partial charge is 0.390 e. The molecule has 2 aromatic rings. The van der Waals surface area contributed by atoms with E-state index in [1.54, 1.807) is 4.90 Å². The van der Waals surface area contributed by atoms with Crippen LogP contribution < -0.4 is 5.32 Å². The number of nitrogens with zero attached hydrogens (tertiary/aromatic N) is 1. The van der Waals surface area contributed by atoms with E-state index in [1.165, 1.54) is 0 Å². The van der Waals surface area contributed by atoms with Gasteiger partial charge >= 0.3 is 0 Å². The quantitative estimate of drug-likeness (QED) is 0.781. The van der Waals surface area contributed by atoms with Gasteiger partial charge < -0.3 is 15.3 Å². The first-order chi connectivity index (χ1) is 12.3. The topological polar surface area (TPSA) is 69.6 Å². The van der Waals surface area contributed by atoms with Gasteiger partial charge in [0, 0.05) is 12.2 Å². The maximum atomic E-state index is 12.0. The Morgan fingerprint density at radius 1 is 1.15 bits per heavy atom. The molecule has 3 rings (SSSR count). The van der Waals surface area contributed by atoms with Crippen LogP contribution in [0.4, 0.5) is 5.69 Å². The number of aryl methyl sites for hydroxylation is 1. The fourth-order valence-corrected chi connectivity index (χ4v) is 5.18. The number of sulfone groups is 1. The van der Waals surface area contributed by atoms with Crippen molar-refractivity contribution >= 4 is 32.9 Å². The Bertz CT molecular complexity index is 867. The molecular formula is C19H22N2O3S2. The first-order valence-corrected chi connectivity index (χ1v) is 10.6. The summed E-state index contributed by atoms with van der Waals surface area (Å²) in [6.07, 6.45) is -0.957. The number of hydrogen-bond acceptors (Lipinski definition) is 4. The van der Waals surface area contributed by atoms with Crippen molar-refractivity contribution in [2.24, 2.45) is 0 Å². The van der Waals surface area contributed by atoms with Gasteiger partial charge in [0.25, 0.3) is 0 Å². The molecule has 1 aliphatic heterocycles. The van der Waals surface area contributed by atoms with E-state index in [-0.39, 0.29) is 11.5 Å². The van der Waals surface area contributed by atoms with Crippen LogP contribution in [0.5, 0.6) is 0 Å². The third-order valence-electron chi connectivity index (χ3n) is 4.45. The SMILES string of the molecule is Cc1ccc(NC(=S)N(Cc2ccccc2)[C@H]2CS(=O)(=O)C[C@@H]2O)cc1. The average Bonchev–Trinajstić information content (AvgIpc) is 2.88. The van der Waals surface area contributed by atoms with Crippen LogP contribution in [0.25, 0.3) is 0 Å². The Balaban J connectivity index is 1.84. The average molecular weight is 391 g/mol. The fraction of sp³-hybridized carbons (Fsp3) is 0.316. The zero-order valence-electron chi connectivity index (χ0n) is 14.5. The van der Waals surface area contributed by atoms with Crippen molar-refractivity contribution in [3.05, 3.63) is 65.7 Å². The lowest BCUT2D eigenvalue weighted by atomic mass is 10.1. The van der Waals surface area contributed by atoms with Crippen LogP contribution >= 0.6 is 12.2 Å². The van der Waals surface area contributed by atoms with Crippen LogP contribution in [0.1, 0.15) is 11.1 Å². The molecule has 2 N–H and O–H groups in total. The van der Waals surface area contributed by atoms with Crippen LogP contribution in [0, 0.1) is 6.92 Å². The number of hydrogen-bond donors (Lipinski definition) is 2. The van der Waals surface area contributed by atoms with E-state index in [1.807, 2.05) is 61.5 Å². The van der Waals surface area contributed by atoms with Crippen LogP contribution in [0.2, 0.25) is 0 Å². The lowest BCUT2D eigenvalue weighted by molar-refractivity contribution is 0.120. The molecule has 1 saturated heterocycles. The van der Waals surface area contributed by atoms with Gasteiger partial charge in [-0.1, -0.05) is 48.0 Å². The summed E-state index contributed by atoms with van der Waals surface area (Å²) < 4.78 is 24.0. The molecule has 0 spiro atoms. The minimum atomic E-state index is -3.27. The van der Waals surface area contributed by atoms with Crippen LogP contribution in [0.15, 0.2) is 54.6 Å². The van der Waals surface area contributed by atoms with Gasteiger partial charge in [0.05, 0.1) is 23.7 Å². The molecule has 1 fully saturated rings. The van der Waals surface area contributed by atoms with E-state index in [4.69, 9.17) is 12.2 Å². The highest BCUT2D eigenvalue weighted by Gasteiger charge is 2.41. The lowest BCUT2D eigenvalue weighted by Gasteiger charge is -2.33. The second kappa shape index (κ2) is 7.73. The van der Waals surface area contributed by atoms with Gasteiger partial charge in [-0.05, 0) is 36.8 Å². The van der Waals surface area contributed by atoms with Crippen LogP contribution in [0.3, 0.4) is 0 Å². The standard InChI is InChI=1S/C19H22N2O3S2/c1-14-7-9-16(10-8-14)20-19(25)21(11-15-5-3-2-4-6-15)17-12-26(23,24)13-18(17)22/h2-10,17-18,22H,11-13H2,1H3,(H,20,25)/t17-,18-/m0/s1. The van der Waals surface area contributed by atoms with E-state index in [2.05, 4.69) is 5.32 Å². The van der Waals surface area contributed by atoms with Crippen LogP contribution in [-0.2, 0) is 16.4 Å². The summed E-state index contributed by atoms with van der Waals surface area (Å²) >= 11 is 5.56. The third kappa shape index (κ3) is 4.60. The smallest absolute Gasteiger partial charge is 0.174 e. The van der Waals surface area contributed by atoms with Crippen LogP contribution in [-0.4, -0.2) is 47.2 Å². The molecule has 2 aromatic carbocycles. The first-order valence-electron chi connectivity index (χ1n) is 8.41. The highest BCUT2D eigenvalue weighted by Crippen LogP contribution is 2.22. The number of anilines is 1. The fourth-order valence-electron chi connectivity index (χ4n) is 3.06. The zero-order chi connectivity index (χ0) is 18.7. The van der Waals surface area contributed by atoms with Gasteiger partial charge in [-0.15, -0.1) is 0 Å². The number of thiocarbonyl (C=S) groups is 1. The summed E-state index contributed by atoms with van der Waals surface area (Å²) in [7, 11) is -3.27. The van der Waals surface area contributed by atoms with Crippen molar-refractivity contribution in [2.45, 2.75) is 25.6 Å². The summed E-state index contributed by atoms with van der Waals surface area (Å²) in [5.41, 5.74) is 2.96. The van der Waals surface area contributed by atoms with Crippen molar-refractivity contribution in [3.8, 4) is 0 Å². The summed E-state index contributed by atoms with van der Waals surface area (Å²) in [5.74, 6) is -0.327. The maximum absolute atomic E-state index is 12.0. The molecule has 0 aromatic heterocycles. The second-order valence-electron chi connectivity index (χ2n) is 6.62. The maximum Gasteiger partial charge on any atom is 0.174 e. The summed E-state index contributed by atoms with van der Waals surface area (Å²) in [4.78, 5) is 1.78. The number of aliphatic hydroxyl groups is 1. The molecule has 26 heavy (non-hydrogen) atoms. The third-order valence-corrected chi connectivity index (χ3v) is 6.49. The minimum Gasteiger partial charge on any atom is -0.390 e. The zero-order valence-corrected chi connectivity index (χ0v) is 16.1. The molecule has 0 unspecified atom stereocenters. The van der Waals surface area contributed by atoms with E-state index >= 15 is 0 Å². The minimum absolute atomic E-state index is 0.100. The first kappa shape index (κ1) is 18.8. The molecule has 2 atom stereocenters. The van der Waals surface area contributed by atoms with Crippen molar-refractivity contribution in [3.63, 3.8) is 0 Å². The number of nitrogens with one attached hydrogen (secondary N) is 1. The van der Waals surface area contributed by atoms with Gasteiger partial charge in [0.2, 0.25) is 0 Å². The second-order valence-corrected chi connectivity index (χ2v) is 9.16. The Morgan fingerprint density at radius 2 is 1.81 bits per heavy atom. The van der Waals surface area contributed by atoms with E-state index in [0.717, 1.165) is 16.8 Å². The normalized spacial score (nSPS) is 21.3.